The van der Waals surface area contributed by atoms with Crippen LogP contribution in [0, 0.1) is 0 Å². The minimum absolute atomic E-state index is 0.137. The van der Waals surface area contributed by atoms with Gasteiger partial charge in [0.05, 0.1) is 42.6 Å². The number of aromatic nitrogens is 2. The van der Waals surface area contributed by atoms with E-state index in [1.54, 1.807) is 36.1 Å². The van der Waals surface area contributed by atoms with Crippen LogP contribution < -0.4 is 4.18 Å². The Morgan fingerprint density at radius 1 is 1.14 bits per heavy atom. The second kappa shape index (κ2) is 11.3. The molecule has 2 aromatic rings. The Hall–Kier alpha value is -1.79. The maximum atomic E-state index is 12.6. The van der Waals surface area contributed by atoms with E-state index in [-0.39, 0.29) is 12.5 Å². The minimum atomic E-state index is -3.70. The van der Waals surface area contributed by atoms with Crippen molar-refractivity contribution in [1.82, 2.24) is 9.55 Å². The molecule has 2 rings (SSSR count). The van der Waals surface area contributed by atoms with E-state index in [1.165, 1.54) is 12.3 Å². The van der Waals surface area contributed by atoms with Crippen LogP contribution in [0.15, 0.2) is 41.8 Å². The second-order valence-electron chi connectivity index (χ2n) is 5.67. The number of nitrogens with zero attached hydrogens (tertiary/aromatic N) is 2. The van der Waals surface area contributed by atoms with Crippen molar-refractivity contribution in [2.45, 2.75) is 11.6 Å². The van der Waals surface area contributed by atoms with Gasteiger partial charge in [0.1, 0.15) is 6.79 Å². The van der Waals surface area contributed by atoms with E-state index < -0.39 is 20.9 Å². The fourth-order valence-corrected chi connectivity index (χ4v) is 3.82. The maximum Gasteiger partial charge on any atom is 0.306 e. The maximum absolute atomic E-state index is 12.6. The summed E-state index contributed by atoms with van der Waals surface area (Å²) in [5.74, 6) is 0.474. The van der Waals surface area contributed by atoms with Gasteiger partial charge in [0.25, 0.3) is 0 Å². The van der Waals surface area contributed by atoms with Crippen LogP contribution >= 0.6 is 0 Å². The molecule has 0 aliphatic carbocycles. The monoisotopic (exact) mass is 432 g/mol. The van der Waals surface area contributed by atoms with Crippen LogP contribution in [-0.2, 0) is 35.1 Å². The van der Waals surface area contributed by atoms with Crippen LogP contribution in [0.25, 0.3) is 5.69 Å². The predicted octanol–water partition coefficient (Wildman–Crippen LogP) is 1.35. The van der Waals surface area contributed by atoms with E-state index in [1.807, 2.05) is 0 Å². The lowest BCUT2D eigenvalue weighted by atomic mass is 10.3. The van der Waals surface area contributed by atoms with Gasteiger partial charge in [0.15, 0.2) is 5.75 Å². The number of methoxy groups -OCH3 is 1. The summed E-state index contributed by atoms with van der Waals surface area (Å²) in [6, 6.07) is 6.59. The Morgan fingerprint density at radius 3 is 2.64 bits per heavy atom. The topological polar surface area (TPSA) is 106 Å². The normalized spacial score (nSPS) is 12.8. The first-order valence-electron chi connectivity index (χ1n) is 8.47. The number of rotatable bonds is 13. The molecule has 0 fully saturated rings. The Bertz CT molecular complexity index is 868. The largest absolute Gasteiger partial charge is 0.382 e. The molecule has 0 radical (unpaired) electrons. The quantitative estimate of drug-likeness (QED) is 0.265. The Morgan fingerprint density at radius 2 is 1.89 bits per heavy atom. The highest BCUT2D eigenvalue weighted by molar-refractivity contribution is 7.86. The van der Waals surface area contributed by atoms with Gasteiger partial charge in [0, 0.05) is 25.3 Å². The molecular formula is C17H24N2O7S2. The highest BCUT2D eigenvalue weighted by atomic mass is 32.2. The molecule has 0 aliphatic rings. The molecule has 28 heavy (non-hydrogen) atoms. The summed E-state index contributed by atoms with van der Waals surface area (Å²) in [5, 5.41) is 0.306. The summed E-state index contributed by atoms with van der Waals surface area (Å²) in [6.45, 7) is 1.50. The van der Waals surface area contributed by atoms with E-state index in [0.29, 0.717) is 42.8 Å². The van der Waals surface area contributed by atoms with Crippen molar-refractivity contribution >= 4 is 20.9 Å². The number of hydrogen-bond acceptors (Lipinski definition) is 8. The molecule has 0 saturated heterocycles. The smallest absolute Gasteiger partial charge is 0.306 e. The highest BCUT2D eigenvalue weighted by Crippen LogP contribution is 2.26. The first-order valence-corrected chi connectivity index (χ1v) is 11.6. The Kier molecular flexibility index (Phi) is 9.06. The van der Waals surface area contributed by atoms with Crippen LogP contribution in [-0.4, -0.2) is 67.9 Å². The summed E-state index contributed by atoms with van der Waals surface area (Å²) in [4.78, 5) is 4.16. The van der Waals surface area contributed by atoms with Gasteiger partial charge < -0.3 is 18.4 Å². The van der Waals surface area contributed by atoms with Gasteiger partial charge in [-0.2, -0.15) is 8.42 Å². The predicted molar refractivity (Wildman–Crippen MR) is 104 cm³/mol. The van der Waals surface area contributed by atoms with Crippen molar-refractivity contribution in [3.8, 4) is 11.4 Å². The molecule has 9 nitrogen and oxygen atoms in total. The number of benzene rings is 1. The molecular weight excluding hydrogens is 408 g/mol. The van der Waals surface area contributed by atoms with Crippen molar-refractivity contribution in [2.75, 3.05) is 45.7 Å². The van der Waals surface area contributed by atoms with E-state index in [4.69, 9.17) is 18.4 Å². The third-order valence-electron chi connectivity index (χ3n) is 3.39. The molecule has 0 saturated carbocycles. The lowest BCUT2D eigenvalue weighted by molar-refractivity contribution is -0.0652. The molecule has 0 N–H and O–H groups in total. The zero-order valence-electron chi connectivity index (χ0n) is 15.8. The second-order valence-corrected chi connectivity index (χ2v) is 8.70. The molecule has 1 heterocycles. The highest BCUT2D eigenvalue weighted by Gasteiger charge is 2.17. The zero-order valence-corrected chi connectivity index (χ0v) is 17.4. The van der Waals surface area contributed by atoms with Crippen molar-refractivity contribution in [2.24, 2.45) is 0 Å². The molecule has 1 aromatic heterocycles. The van der Waals surface area contributed by atoms with Crippen LogP contribution in [0.1, 0.15) is 6.42 Å². The van der Waals surface area contributed by atoms with Gasteiger partial charge in [-0.1, -0.05) is 12.1 Å². The van der Waals surface area contributed by atoms with E-state index in [9.17, 15) is 12.6 Å². The molecule has 156 valence electrons. The summed E-state index contributed by atoms with van der Waals surface area (Å²) < 4.78 is 57.5. The van der Waals surface area contributed by atoms with E-state index >= 15 is 0 Å². The van der Waals surface area contributed by atoms with Gasteiger partial charge >= 0.3 is 10.1 Å². The SMILES string of the molecule is COCCOCOCCC[S@](=O)c1nccn1-c1ccccc1OS(C)(=O)=O. The first-order chi connectivity index (χ1) is 13.4. The average Bonchev–Trinajstić information content (AvgIpc) is 3.12. The number of imidazole rings is 1. The Labute approximate surface area is 167 Å². The summed E-state index contributed by atoms with van der Waals surface area (Å²) in [6.07, 6.45) is 4.63. The molecule has 0 spiro atoms. The third-order valence-corrected chi connectivity index (χ3v) is 5.24. The van der Waals surface area contributed by atoms with Gasteiger partial charge in [0.2, 0.25) is 5.16 Å². The first kappa shape index (κ1) is 22.5. The van der Waals surface area contributed by atoms with Crippen molar-refractivity contribution in [3.63, 3.8) is 0 Å². The lowest BCUT2D eigenvalue weighted by Gasteiger charge is -2.12. The van der Waals surface area contributed by atoms with Gasteiger partial charge in [-0.05, 0) is 18.6 Å². The fourth-order valence-electron chi connectivity index (χ4n) is 2.23. The van der Waals surface area contributed by atoms with E-state index in [0.717, 1.165) is 6.26 Å². The van der Waals surface area contributed by atoms with Crippen LogP contribution in [0.3, 0.4) is 0 Å². The average molecular weight is 433 g/mol. The van der Waals surface area contributed by atoms with Crippen molar-refractivity contribution in [3.05, 3.63) is 36.7 Å². The third kappa shape index (κ3) is 7.32. The van der Waals surface area contributed by atoms with Crippen LogP contribution in [0.5, 0.6) is 5.75 Å². The van der Waals surface area contributed by atoms with Crippen molar-refractivity contribution < 1.29 is 31.0 Å². The summed E-state index contributed by atoms with van der Waals surface area (Å²) in [5.41, 5.74) is 0.441. The summed E-state index contributed by atoms with van der Waals surface area (Å²) in [7, 11) is -3.51. The Balaban J connectivity index is 1.96. The standard InChI is InChI=1S/C17H24N2O7S2/c1-23-11-12-25-14-24-10-5-13-27(20)17-18-8-9-19(17)15-6-3-4-7-16(15)26-28(2,21)22/h3-4,6-9H,5,10-14H2,1-2H3/t27-/m0/s1. The number of hydrogen-bond donors (Lipinski definition) is 0. The molecule has 0 aliphatic heterocycles. The van der Waals surface area contributed by atoms with Crippen LogP contribution in [0.2, 0.25) is 0 Å². The minimum Gasteiger partial charge on any atom is -0.382 e. The number of para-hydroxylation sites is 2. The molecule has 1 aromatic carbocycles. The molecule has 0 unspecified atom stereocenters. The fraction of sp³-hybridized carbons (Fsp3) is 0.471. The molecule has 11 heteroatoms. The van der Waals surface area contributed by atoms with Gasteiger partial charge in [-0.25, -0.2) is 4.98 Å². The zero-order chi connectivity index (χ0) is 20.4. The van der Waals surface area contributed by atoms with Gasteiger partial charge in [-0.3, -0.25) is 8.78 Å². The van der Waals surface area contributed by atoms with Crippen molar-refractivity contribution in [1.29, 1.82) is 0 Å². The number of ether oxygens (including phenoxy) is 3. The molecule has 0 amide bonds. The lowest BCUT2D eigenvalue weighted by Crippen LogP contribution is -2.12. The van der Waals surface area contributed by atoms with E-state index in [2.05, 4.69) is 4.98 Å². The summed E-state index contributed by atoms with van der Waals surface area (Å²) >= 11 is 0. The molecule has 0 bridgehead atoms. The molecule has 1 atom stereocenters. The van der Waals surface area contributed by atoms with Crippen LogP contribution in [0.4, 0.5) is 0 Å². The van der Waals surface area contributed by atoms with Gasteiger partial charge in [-0.15, -0.1) is 0 Å².